The molecule has 1 aliphatic heterocycles. The van der Waals surface area contributed by atoms with Crippen molar-refractivity contribution in [2.24, 2.45) is 5.41 Å². The maximum absolute atomic E-state index is 14.3. The fourth-order valence-corrected chi connectivity index (χ4v) is 4.34. The highest BCUT2D eigenvalue weighted by Gasteiger charge is 2.29. The second-order valence-electron chi connectivity index (χ2n) is 8.86. The normalized spacial score (nSPS) is 19.4. The predicted molar refractivity (Wildman–Crippen MR) is 106 cm³/mol. The van der Waals surface area contributed by atoms with Gasteiger partial charge in [0.15, 0.2) is 0 Å². The molecule has 1 fully saturated rings. The van der Waals surface area contributed by atoms with E-state index in [0.717, 1.165) is 62.1 Å². The van der Waals surface area contributed by atoms with Gasteiger partial charge in [0.25, 0.3) is 0 Å². The third-order valence-electron chi connectivity index (χ3n) is 6.02. The number of halogens is 1. The molecule has 7 heteroatoms. The molecule has 0 unspecified atom stereocenters. The molecule has 0 aromatic carbocycles. The number of fused-ring (bicyclic) bond motifs is 1. The first-order valence-electron chi connectivity index (χ1n) is 10.1. The standard InChI is InChI=1S/C21H28FN5O/c1-13(28)27-8-5-15(6-9-27)23-19-11-14(10-18(22)24-19)20-16-4-7-21(2,3)12-17(16)25-26-20/h10-11,15H,4-9,12H2,1-3H3,(H,23,24)(H,25,26). The van der Waals surface area contributed by atoms with Gasteiger partial charge in [-0.25, -0.2) is 4.98 Å². The molecule has 1 aliphatic carbocycles. The van der Waals surface area contributed by atoms with Gasteiger partial charge in [-0.15, -0.1) is 0 Å². The van der Waals surface area contributed by atoms with Crippen LogP contribution in [0, 0.1) is 11.4 Å². The maximum Gasteiger partial charge on any atom is 0.219 e. The number of amides is 1. The number of nitrogens with zero attached hydrogens (tertiary/aromatic N) is 3. The van der Waals surface area contributed by atoms with Gasteiger partial charge in [-0.05, 0) is 43.6 Å². The molecule has 4 rings (SSSR count). The maximum atomic E-state index is 14.3. The van der Waals surface area contributed by atoms with E-state index in [0.29, 0.717) is 5.82 Å². The molecule has 2 N–H and O–H groups in total. The first-order chi connectivity index (χ1) is 13.3. The highest BCUT2D eigenvalue weighted by atomic mass is 19.1. The van der Waals surface area contributed by atoms with E-state index in [-0.39, 0.29) is 17.4 Å². The number of aromatic amines is 1. The summed E-state index contributed by atoms with van der Waals surface area (Å²) in [5.74, 6) is 0.134. The summed E-state index contributed by atoms with van der Waals surface area (Å²) in [7, 11) is 0. The van der Waals surface area contributed by atoms with Crippen LogP contribution in [0.4, 0.5) is 10.2 Å². The van der Waals surface area contributed by atoms with E-state index in [1.807, 2.05) is 11.0 Å². The summed E-state index contributed by atoms with van der Waals surface area (Å²) in [4.78, 5) is 17.4. The first-order valence-corrected chi connectivity index (χ1v) is 10.1. The summed E-state index contributed by atoms with van der Waals surface area (Å²) in [5, 5.41) is 11.0. The molecule has 28 heavy (non-hydrogen) atoms. The lowest BCUT2D eigenvalue weighted by Crippen LogP contribution is -2.41. The summed E-state index contributed by atoms with van der Waals surface area (Å²) in [6.07, 6.45) is 4.67. The van der Waals surface area contributed by atoms with E-state index in [4.69, 9.17) is 0 Å². The van der Waals surface area contributed by atoms with Gasteiger partial charge in [-0.2, -0.15) is 9.49 Å². The average molecular weight is 385 g/mol. The van der Waals surface area contributed by atoms with Gasteiger partial charge in [0.2, 0.25) is 11.9 Å². The van der Waals surface area contributed by atoms with Gasteiger partial charge in [0, 0.05) is 48.9 Å². The predicted octanol–water partition coefficient (Wildman–Crippen LogP) is 3.55. The number of H-pyrrole nitrogens is 1. The number of anilines is 1. The Balaban J connectivity index is 1.53. The fourth-order valence-electron chi connectivity index (χ4n) is 4.34. The highest BCUT2D eigenvalue weighted by Crippen LogP contribution is 2.38. The second-order valence-corrected chi connectivity index (χ2v) is 8.86. The lowest BCUT2D eigenvalue weighted by atomic mass is 9.76. The van der Waals surface area contributed by atoms with Crippen LogP contribution >= 0.6 is 0 Å². The molecule has 0 spiro atoms. The van der Waals surface area contributed by atoms with Crippen molar-refractivity contribution in [1.29, 1.82) is 0 Å². The molecule has 1 saturated heterocycles. The summed E-state index contributed by atoms with van der Waals surface area (Å²) in [5.41, 5.74) is 4.22. The third kappa shape index (κ3) is 3.88. The molecule has 3 heterocycles. The van der Waals surface area contributed by atoms with Crippen LogP contribution in [0.2, 0.25) is 0 Å². The van der Waals surface area contributed by atoms with Crippen molar-refractivity contribution in [1.82, 2.24) is 20.1 Å². The summed E-state index contributed by atoms with van der Waals surface area (Å²) in [6, 6.07) is 3.53. The van der Waals surface area contributed by atoms with Gasteiger partial charge in [0.05, 0.1) is 5.69 Å². The number of nitrogens with one attached hydrogen (secondary N) is 2. The molecule has 0 atom stereocenters. The van der Waals surface area contributed by atoms with E-state index >= 15 is 0 Å². The smallest absolute Gasteiger partial charge is 0.219 e. The molecule has 2 aliphatic rings. The molecule has 0 saturated carbocycles. The SMILES string of the molecule is CC(=O)N1CCC(Nc2cc(-c3n[nH]c4c3CCC(C)(C)C4)cc(F)n2)CC1. The van der Waals surface area contributed by atoms with Crippen LogP contribution in [0.5, 0.6) is 0 Å². The Bertz CT molecular complexity index is 883. The molecule has 0 radical (unpaired) electrons. The lowest BCUT2D eigenvalue weighted by molar-refractivity contribution is -0.129. The van der Waals surface area contributed by atoms with Crippen LogP contribution in [0.15, 0.2) is 12.1 Å². The monoisotopic (exact) mass is 385 g/mol. The summed E-state index contributed by atoms with van der Waals surface area (Å²) >= 11 is 0. The number of pyridine rings is 1. The number of piperidine rings is 1. The van der Waals surface area contributed by atoms with E-state index in [9.17, 15) is 9.18 Å². The van der Waals surface area contributed by atoms with Gasteiger partial charge in [-0.3, -0.25) is 9.89 Å². The molecule has 1 amide bonds. The van der Waals surface area contributed by atoms with Crippen molar-refractivity contribution in [3.63, 3.8) is 0 Å². The minimum absolute atomic E-state index is 0.108. The number of hydrogen-bond donors (Lipinski definition) is 2. The minimum Gasteiger partial charge on any atom is -0.367 e. The zero-order valence-electron chi connectivity index (χ0n) is 16.8. The van der Waals surface area contributed by atoms with Gasteiger partial charge in [0.1, 0.15) is 5.82 Å². The number of hydrogen-bond acceptors (Lipinski definition) is 4. The third-order valence-corrected chi connectivity index (χ3v) is 6.02. The van der Waals surface area contributed by atoms with Crippen LogP contribution in [0.1, 0.15) is 51.3 Å². The van der Waals surface area contributed by atoms with Crippen molar-refractivity contribution < 1.29 is 9.18 Å². The van der Waals surface area contributed by atoms with Crippen molar-refractivity contribution in [2.75, 3.05) is 18.4 Å². The Kier molecular flexibility index (Phi) is 4.85. The first kappa shape index (κ1) is 18.9. The van der Waals surface area contributed by atoms with E-state index in [2.05, 4.69) is 34.3 Å². The largest absolute Gasteiger partial charge is 0.367 e. The molecule has 6 nitrogen and oxygen atoms in total. The zero-order chi connectivity index (χ0) is 19.9. The van der Waals surface area contributed by atoms with Gasteiger partial charge in [-0.1, -0.05) is 13.8 Å². The Morgan fingerprint density at radius 1 is 1.32 bits per heavy atom. The molecule has 2 aromatic rings. The summed E-state index contributed by atoms with van der Waals surface area (Å²) in [6.45, 7) is 7.57. The molecular formula is C21H28FN5O. The topological polar surface area (TPSA) is 73.9 Å². The Labute approximate surface area is 164 Å². The Hall–Kier alpha value is -2.44. The quantitative estimate of drug-likeness (QED) is 0.793. The average Bonchev–Trinajstić information content (AvgIpc) is 3.03. The number of likely N-dealkylation sites (tertiary alicyclic amines) is 1. The zero-order valence-corrected chi connectivity index (χ0v) is 16.8. The Morgan fingerprint density at radius 3 is 2.79 bits per heavy atom. The van der Waals surface area contributed by atoms with Crippen LogP contribution < -0.4 is 5.32 Å². The second kappa shape index (κ2) is 7.18. The lowest BCUT2D eigenvalue weighted by Gasteiger charge is -2.32. The van der Waals surface area contributed by atoms with Crippen molar-refractivity contribution in [2.45, 2.75) is 58.9 Å². The van der Waals surface area contributed by atoms with Crippen LogP contribution in [-0.4, -0.2) is 45.1 Å². The highest BCUT2D eigenvalue weighted by molar-refractivity contribution is 5.73. The number of aromatic nitrogens is 3. The molecule has 0 bridgehead atoms. The molecule has 2 aromatic heterocycles. The van der Waals surface area contributed by atoms with Crippen molar-refractivity contribution in [3.8, 4) is 11.3 Å². The summed E-state index contributed by atoms with van der Waals surface area (Å²) < 4.78 is 14.3. The van der Waals surface area contributed by atoms with E-state index < -0.39 is 5.95 Å². The van der Waals surface area contributed by atoms with E-state index in [1.165, 1.54) is 11.6 Å². The van der Waals surface area contributed by atoms with Crippen molar-refractivity contribution >= 4 is 11.7 Å². The Morgan fingerprint density at radius 2 is 2.07 bits per heavy atom. The molecule has 150 valence electrons. The van der Waals surface area contributed by atoms with Gasteiger partial charge >= 0.3 is 0 Å². The number of rotatable bonds is 3. The van der Waals surface area contributed by atoms with Crippen LogP contribution in [-0.2, 0) is 17.6 Å². The fraction of sp³-hybridized carbons (Fsp3) is 0.571. The number of carbonyl (C=O) groups excluding carboxylic acids is 1. The molecular weight excluding hydrogens is 357 g/mol. The van der Waals surface area contributed by atoms with Crippen LogP contribution in [0.25, 0.3) is 11.3 Å². The van der Waals surface area contributed by atoms with Crippen molar-refractivity contribution in [3.05, 3.63) is 29.3 Å². The van der Waals surface area contributed by atoms with E-state index in [1.54, 1.807) is 6.92 Å². The van der Waals surface area contributed by atoms with Crippen LogP contribution in [0.3, 0.4) is 0 Å². The minimum atomic E-state index is -0.505. The number of carbonyl (C=O) groups is 1. The van der Waals surface area contributed by atoms with Gasteiger partial charge < -0.3 is 10.2 Å².